The maximum atomic E-state index is 5.95. The molecule has 1 aromatic carbocycles. The van der Waals surface area contributed by atoms with Crippen molar-refractivity contribution in [3.05, 3.63) is 60.0 Å². The molecular weight excluding hydrogens is 530 g/mol. The molecule has 2 atom stereocenters. The fourth-order valence-electron chi connectivity index (χ4n) is 3.99. The summed E-state index contributed by atoms with van der Waals surface area (Å²) in [6, 6.07) is 7.39. The number of para-hydroxylation sites is 1. The summed E-state index contributed by atoms with van der Waals surface area (Å²) in [5.74, 6) is 2.52. The predicted molar refractivity (Wildman–Crippen MR) is 145 cm³/mol. The zero-order valence-electron chi connectivity index (χ0n) is 20.9. The Kier molecular flexibility index (Phi) is 7.58. The number of nitrogens with one attached hydrogen (secondary N) is 2. The van der Waals surface area contributed by atoms with Crippen LogP contribution in [0.2, 0.25) is 5.02 Å². The molecule has 0 amide bonds. The van der Waals surface area contributed by atoms with Gasteiger partial charge in [0.2, 0.25) is 5.95 Å². The largest absolute Gasteiger partial charge is 0.494 e. The lowest BCUT2D eigenvalue weighted by atomic mass is 10.2. The van der Waals surface area contributed by atoms with E-state index in [4.69, 9.17) is 25.8 Å². The first kappa shape index (κ1) is 25.7. The molecule has 0 bridgehead atoms. The molecule has 0 fully saturated rings. The number of benzene rings is 1. The Morgan fingerprint density at radius 2 is 1.74 bits per heavy atom. The molecule has 0 saturated heterocycles. The average Bonchev–Trinajstić information content (AvgIpc) is 3.60. The molecule has 4 heterocycles. The quantitative estimate of drug-likeness (QED) is 0.236. The number of fused-ring (bicyclic) bond motifs is 1. The number of aromatic nitrogens is 8. The van der Waals surface area contributed by atoms with E-state index in [0.29, 0.717) is 45.5 Å². The number of nitrogens with zero attached hydrogens (tertiary/aromatic N) is 7. The third kappa shape index (κ3) is 4.83. The van der Waals surface area contributed by atoms with Crippen LogP contribution in [0.4, 0.5) is 5.95 Å². The molecule has 0 saturated carbocycles. The number of halogens is 1. The van der Waals surface area contributed by atoms with Gasteiger partial charge >= 0.3 is 0 Å². The van der Waals surface area contributed by atoms with Gasteiger partial charge in [0.05, 0.1) is 35.5 Å². The summed E-state index contributed by atoms with van der Waals surface area (Å²) in [6.07, 6.45) is 5.96. The molecule has 5 aromatic rings. The van der Waals surface area contributed by atoms with E-state index >= 15 is 0 Å². The number of H-pyrrole nitrogens is 1. The second-order valence-corrected chi connectivity index (χ2v) is 9.61. The maximum absolute atomic E-state index is 5.95. The van der Waals surface area contributed by atoms with Crippen LogP contribution in [-0.4, -0.2) is 66.3 Å². The molecule has 0 aliphatic carbocycles. The lowest BCUT2D eigenvalue weighted by Crippen LogP contribution is -2.19. The van der Waals surface area contributed by atoms with Crippen LogP contribution < -0.4 is 14.2 Å². The van der Waals surface area contributed by atoms with Crippen molar-refractivity contribution in [2.45, 2.75) is 18.3 Å². The highest BCUT2D eigenvalue weighted by atomic mass is 35.5. The van der Waals surface area contributed by atoms with E-state index in [-0.39, 0.29) is 5.25 Å². The molecule has 0 aliphatic rings. The van der Waals surface area contributed by atoms with Gasteiger partial charge < -0.3 is 19.2 Å². The summed E-state index contributed by atoms with van der Waals surface area (Å²) in [4.78, 5) is 20.7. The molecular formula is C24H24ClN9O3S. The topological polar surface area (TPSA) is 138 Å². The van der Waals surface area contributed by atoms with Gasteiger partial charge in [-0.25, -0.2) is 19.9 Å². The van der Waals surface area contributed by atoms with Crippen molar-refractivity contribution >= 4 is 40.5 Å². The van der Waals surface area contributed by atoms with Crippen LogP contribution >= 0.6 is 23.5 Å². The van der Waals surface area contributed by atoms with E-state index < -0.39 is 6.10 Å². The number of ether oxygens (including phenoxy) is 3. The minimum Gasteiger partial charge on any atom is -0.494 e. The molecule has 0 aliphatic heterocycles. The molecule has 5 rings (SSSR count). The van der Waals surface area contributed by atoms with E-state index in [1.165, 1.54) is 18.3 Å². The number of anilines is 1. The van der Waals surface area contributed by atoms with Gasteiger partial charge in [-0.15, -0.1) is 10.2 Å². The second-order valence-electron chi connectivity index (χ2n) is 7.99. The number of hydrogen-bond acceptors (Lipinski definition) is 11. The Morgan fingerprint density at radius 1 is 1.00 bits per heavy atom. The SMILES string of the molecule is COc1cccc(OC)c1-n1c(NSC(C)C(OC)c2ncc(Cl)cn2)nnc1-c1ncnc2cc[nH]c12. The van der Waals surface area contributed by atoms with Crippen LogP contribution in [0.5, 0.6) is 11.5 Å². The van der Waals surface area contributed by atoms with E-state index in [1.807, 2.05) is 31.2 Å². The van der Waals surface area contributed by atoms with Crippen molar-refractivity contribution in [3.63, 3.8) is 0 Å². The molecule has 0 spiro atoms. The van der Waals surface area contributed by atoms with Gasteiger partial charge in [-0.2, -0.15) is 0 Å². The Labute approximate surface area is 227 Å². The lowest BCUT2D eigenvalue weighted by Gasteiger charge is -2.22. The van der Waals surface area contributed by atoms with Gasteiger partial charge in [0, 0.05) is 25.7 Å². The van der Waals surface area contributed by atoms with E-state index in [9.17, 15) is 0 Å². The van der Waals surface area contributed by atoms with Gasteiger partial charge in [0.25, 0.3) is 0 Å². The smallest absolute Gasteiger partial charge is 0.239 e. The van der Waals surface area contributed by atoms with Crippen LogP contribution in [0, 0.1) is 0 Å². The van der Waals surface area contributed by atoms with Crippen molar-refractivity contribution in [1.82, 2.24) is 39.7 Å². The predicted octanol–water partition coefficient (Wildman–Crippen LogP) is 4.50. The Hall–Kier alpha value is -3.94. The monoisotopic (exact) mass is 553 g/mol. The minimum absolute atomic E-state index is 0.136. The zero-order valence-corrected chi connectivity index (χ0v) is 22.5. The van der Waals surface area contributed by atoms with Crippen LogP contribution in [0.25, 0.3) is 28.2 Å². The highest BCUT2D eigenvalue weighted by Crippen LogP contribution is 2.39. The summed E-state index contributed by atoms with van der Waals surface area (Å²) < 4.78 is 22.2. The van der Waals surface area contributed by atoms with Crippen LogP contribution in [-0.2, 0) is 4.74 Å². The van der Waals surface area contributed by atoms with Crippen molar-refractivity contribution in [1.29, 1.82) is 0 Å². The first-order valence-electron chi connectivity index (χ1n) is 11.4. The Bertz CT molecular complexity index is 1520. The normalized spacial score (nSPS) is 12.9. The minimum atomic E-state index is -0.415. The standard InChI is InChI=1S/C24H24ClN9O3S/c1-13(21(37-4)22-27-10-14(25)11-28-22)38-33-24-32-31-23(19-18-15(8-9-26-18)29-12-30-19)34(24)20-16(35-2)6-5-7-17(20)36-3/h5-13,21,26H,1-4H3,(H,32,33). The van der Waals surface area contributed by atoms with Crippen LogP contribution in [0.15, 0.2) is 49.2 Å². The first-order chi connectivity index (χ1) is 18.5. The van der Waals surface area contributed by atoms with Crippen molar-refractivity contribution in [3.8, 4) is 28.7 Å². The van der Waals surface area contributed by atoms with Crippen LogP contribution in [0.3, 0.4) is 0 Å². The second kappa shape index (κ2) is 11.2. The molecule has 14 heteroatoms. The van der Waals surface area contributed by atoms with Gasteiger partial charge in [-0.1, -0.05) is 17.7 Å². The Balaban J connectivity index is 1.57. The molecule has 38 heavy (non-hydrogen) atoms. The number of methoxy groups -OCH3 is 3. The third-order valence-electron chi connectivity index (χ3n) is 5.76. The zero-order chi connectivity index (χ0) is 26.6. The van der Waals surface area contributed by atoms with E-state index in [0.717, 1.165) is 11.0 Å². The summed E-state index contributed by atoms with van der Waals surface area (Å²) in [5, 5.41) is 9.28. The van der Waals surface area contributed by atoms with Crippen molar-refractivity contribution < 1.29 is 14.2 Å². The van der Waals surface area contributed by atoms with E-state index in [2.05, 4.69) is 39.8 Å². The summed E-state index contributed by atoms with van der Waals surface area (Å²) in [7, 11) is 4.79. The molecule has 4 aromatic heterocycles. The molecule has 2 N–H and O–H groups in total. The summed E-state index contributed by atoms with van der Waals surface area (Å²) >= 11 is 7.33. The third-order valence-corrected chi connectivity index (χ3v) is 6.87. The van der Waals surface area contributed by atoms with Gasteiger partial charge in [-0.05, 0) is 37.1 Å². The fraction of sp³-hybridized carbons (Fsp3) is 0.250. The Morgan fingerprint density at radius 3 is 2.42 bits per heavy atom. The average molecular weight is 554 g/mol. The molecule has 0 radical (unpaired) electrons. The molecule has 12 nitrogen and oxygen atoms in total. The van der Waals surface area contributed by atoms with E-state index in [1.54, 1.807) is 44.5 Å². The number of aromatic amines is 1. The van der Waals surface area contributed by atoms with Gasteiger partial charge in [0.15, 0.2) is 11.6 Å². The molecule has 196 valence electrons. The van der Waals surface area contributed by atoms with Crippen LogP contribution in [0.1, 0.15) is 18.9 Å². The fourth-order valence-corrected chi connectivity index (χ4v) is 4.87. The van der Waals surface area contributed by atoms with Gasteiger partial charge in [0.1, 0.15) is 35.3 Å². The highest BCUT2D eigenvalue weighted by Gasteiger charge is 2.27. The number of rotatable bonds is 10. The first-order valence-corrected chi connectivity index (χ1v) is 12.7. The van der Waals surface area contributed by atoms with Crippen molar-refractivity contribution in [2.24, 2.45) is 0 Å². The van der Waals surface area contributed by atoms with Crippen molar-refractivity contribution in [2.75, 3.05) is 26.1 Å². The summed E-state index contributed by atoms with van der Waals surface area (Å²) in [5.41, 5.74) is 2.65. The lowest BCUT2D eigenvalue weighted by molar-refractivity contribution is 0.0972. The molecule has 2 unspecified atom stereocenters. The van der Waals surface area contributed by atoms with Gasteiger partial charge in [-0.3, -0.25) is 9.29 Å². The highest BCUT2D eigenvalue weighted by molar-refractivity contribution is 8.01. The summed E-state index contributed by atoms with van der Waals surface area (Å²) in [6.45, 7) is 1.99. The maximum Gasteiger partial charge on any atom is 0.239 e. The number of hydrogen-bond donors (Lipinski definition) is 2.